The van der Waals surface area contributed by atoms with Crippen LogP contribution < -0.4 is 5.73 Å². The fourth-order valence-electron chi connectivity index (χ4n) is 1.72. The Balaban J connectivity index is 2.39. The van der Waals surface area contributed by atoms with E-state index in [4.69, 9.17) is 5.73 Å². The van der Waals surface area contributed by atoms with E-state index >= 15 is 0 Å². The first-order chi connectivity index (χ1) is 7.86. The van der Waals surface area contributed by atoms with Gasteiger partial charge in [0.1, 0.15) is 11.3 Å². The molecule has 3 N–H and O–H groups in total. The van der Waals surface area contributed by atoms with Crippen molar-refractivity contribution in [3.63, 3.8) is 0 Å². The van der Waals surface area contributed by atoms with E-state index in [1.807, 2.05) is 18.3 Å². The molecule has 0 saturated heterocycles. The van der Waals surface area contributed by atoms with Crippen molar-refractivity contribution < 1.29 is 0 Å². The first-order valence-electron chi connectivity index (χ1n) is 4.84. The van der Waals surface area contributed by atoms with Crippen molar-refractivity contribution in [2.45, 2.75) is 0 Å². The van der Waals surface area contributed by atoms with Gasteiger partial charge in [-0.25, -0.2) is 4.98 Å². The fourth-order valence-corrected chi connectivity index (χ4v) is 1.72. The van der Waals surface area contributed by atoms with Gasteiger partial charge < -0.3 is 5.73 Å². The number of rotatable bonds is 1. The van der Waals surface area contributed by atoms with Gasteiger partial charge in [-0.15, -0.1) is 0 Å². The number of aromatic amines is 1. The first-order valence-corrected chi connectivity index (χ1v) is 4.84. The molecule has 16 heavy (non-hydrogen) atoms. The Morgan fingerprint density at radius 1 is 1.19 bits per heavy atom. The molecule has 0 spiro atoms. The molecule has 3 rings (SSSR count). The number of aromatic nitrogens is 4. The van der Waals surface area contributed by atoms with Crippen LogP contribution in [0, 0.1) is 0 Å². The summed E-state index contributed by atoms with van der Waals surface area (Å²) < 4.78 is 0. The topological polar surface area (TPSA) is 80.5 Å². The summed E-state index contributed by atoms with van der Waals surface area (Å²) in [5.74, 6) is 0.447. The zero-order chi connectivity index (χ0) is 11.0. The van der Waals surface area contributed by atoms with Crippen LogP contribution in [0.5, 0.6) is 0 Å². The number of nitrogens with two attached hydrogens (primary N) is 1. The van der Waals surface area contributed by atoms with Crippen LogP contribution >= 0.6 is 0 Å². The van der Waals surface area contributed by atoms with Crippen molar-refractivity contribution in [3.05, 3.63) is 36.9 Å². The normalized spacial score (nSPS) is 10.8. The molecule has 0 unspecified atom stereocenters. The first kappa shape index (κ1) is 8.84. The molecular formula is C11H9N5. The summed E-state index contributed by atoms with van der Waals surface area (Å²) in [5, 5.41) is 7.68. The van der Waals surface area contributed by atoms with Gasteiger partial charge in [0, 0.05) is 35.1 Å². The average molecular weight is 211 g/mol. The number of hydrogen-bond donors (Lipinski definition) is 2. The van der Waals surface area contributed by atoms with Crippen molar-refractivity contribution in [3.8, 4) is 11.1 Å². The molecule has 0 radical (unpaired) electrons. The molecule has 0 aromatic carbocycles. The van der Waals surface area contributed by atoms with Crippen LogP contribution in [0.25, 0.3) is 22.0 Å². The average Bonchev–Trinajstić information content (AvgIpc) is 2.83. The van der Waals surface area contributed by atoms with E-state index in [1.54, 1.807) is 18.6 Å². The summed E-state index contributed by atoms with van der Waals surface area (Å²) in [7, 11) is 0. The van der Waals surface area contributed by atoms with Crippen LogP contribution in [0.3, 0.4) is 0 Å². The van der Waals surface area contributed by atoms with Gasteiger partial charge in [-0.3, -0.25) is 10.1 Å². The molecule has 0 amide bonds. The highest BCUT2D eigenvalue weighted by Gasteiger charge is 2.08. The van der Waals surface area contributed by atoms with Crippen molar-refractivity contribution in [1.29, 1.82) is 0 Å². The molecule has 0 bridgehead atoms. The molecular weight excluding hydrogens is 202 g/mol. The molecule has 5 heteroatoms. The minimum Gasteiger partial charge on any atom is -0.382 e. The van der Waals surface area contributed by atoms with Crippen molar-refractivity contribution in [1.82, 2.24) is 20.2 Å². The molecule has 0 aliphatic rings. The van der Waals surface area contributed by atoms with Gasteiger partial charge >= 0.3 is 0 Å². The van der Waals surface area contributed by atoms with Gasteiger partial charge in [0.15, 0.2) is 0 Å². The molecule has 3 heterocycles. The third kappa shape index (κ3) is 1.22. The van der Waals surface area contributed by atoms with Crippen molar-refractivity contribution >= 4 is 16.7 Å². The summed E-state index contributed by atoms with van der Waals surface area (Å²) in [6.07, 6.45) is 7.02. The zero-order valence-corrected chi connectivity index (χ0v) is 8.38. The lowest BCUT2D eigenvalue weighted by molar-refractivity contribution is 1.09. The van der Waals surface area contributed by atoms with Crippen LogP contribution in [0.1, 0.15) is 0 Å². The minimum atomic E-state index is 0.447. The Morgan fingerprint density at radius 3 is 2.94 bits per heavy atom. The van der Waals surface area contributed by atoms with E-state index in [-0.39, 0.29) is 0 Å². The van der Waals surface area contributed by atoms with Crippen LogP contribution in [-0.4, -0.2) is 20.2 Å². The lowest BCUT2D eigenvalue weighted by atomic mass is 10.1. The number of nitrogen functional groups attached to an aromatic ring is 1. The van der Waals surface area contributed by atoms with Gasteiger partial charge in [0.05, 0.1) is 6.20 Å². The van der Waals surface area contributed by atoms with Crippen molar-refractivity contribution in [2.75, 3.05) is 5.73 Å². The molecule has 0 aliphatic carbocycles. The molecule has 0 atom stereocenters. The van der Waals surface area contributed by atoms with E-state index < -0.39 is 0 Å². The van der Waals surface area contributed by atoms with Crippen LogP contribution in [0.15, 0.2) is 36.9 Å². The molecule has 3 aromatic heterocycles. The lowest BCUT2D eigenvalue weighted by Crippen LogP contribution is -1.94. The van der Waals surface area contributed by atoms with Crippen LogP contribution in [-0.2, 0) is 0 Å². The Bertz CT molecular complexity index is 630. The molecule has 0 fully saturated rings. The molecule has 5 nitrogen and oxygen atoms in total. The lowest BCUT2D eigenvalue weighted by Gasteiger charge is -2.04. The predicted molar refractivity (Wildman–Crippen MR) is 61.5 cm³/mol. The second-order valence-electron chi connectivity index (χ2n) is 3.44. The Kier molecular flexibility index (Phi) is 1.83. The van der Waals surface area contributed by atoms with E-state index in [9.17, 15) is 0 Å². The van der Waals surface area contributed by atoms with Gasteiger partial charge in [0.25, 0.3) is 0 Å². The second-order valence-corrected chi connectivity index (χ2v) is 3.44. The number of nitrogens with zero attached hydrogens (tertiary/aromatic N) is 3. The summed E-state index contributed by atoms with van der Waals surface area (Å²) in [6, 6.07) is 3.86. The highest BCUT2D eigenvalue weighted by molar-refractivity contribution is 5.98. The van der Waals surface area contributed by atoms with Crippen LogP contribution in [0.4, 0.5) is 5.82 Å². The van der Waals surface area contributed by atoms with E-state index in [2.05, 4.69) is 20.2 Å². The number of pyridine rings is 2. The maximum atomic E-state index is 5.78. The summed E-state index contributed by atoms with van der Waals surface area (Å²) in [6.45, 7) is 0. The monoisotopic (exact) mass is 211 g/mol. The summed E-state index contributed by atoms with van der Waals surface area (Å²) in [4.78, 5) is 8.37. The number of fused-ring (bicyclic) bond motifs is 1. The number of nitrogens with one attached hydrogen (secondary N) is 1. The maximum absolute atomic E-state index is 5.78. The predicted octanol–water partition coefficient (Wildman–Crippen LogP) is 1.60. The molecule has 0 aliphatic heterocycles. The zero-order valence-electron chi connectivity index (χ0n) is 8.38. The third-order valence-electron chi connectivity index (χ3n) is 2.48. The van der Waals surface area contributed by atoms with Gasteiger partial charge in [-0.05, 0) is 6.07 Å². The van der Waals surface area contributed by atoms with E-state index in [0.717, 1.165) is 22.0 Å². The van der Waals surface area contributed by atoms with Gasteiger partial charge in [0.2, 0.25) is 0 Å². The SMILES string of the molecule is Nc1ncc(-c2cn[nH]c2)c2cccnc12. The quantitative estimate of drug-likeness (QED) is 0.640. The Labute approximate surface area is 91.3 Å². The summed E-state index contributed by atoms with van der Waals surface area (Å²) >= 11 is 0. The highest BCUT2D eigenvalue weighted by Crippen LogP contribution is 2.28. The highest BCUT2D eigenvalue weighted by atomic mass is 15.1. The van der Waals surface area contributed by atoms with E-state index in [1.165, 1.54) is 0 Å². The minimum absolute atomic E-state index is 0.447. The molecule has 3 aromatic rings. The van der Waals surface area contributed by atoms with Gasteiger partial charge in [-0.2, -0.15) is 5.10 Å². The van der Waals surface area contributed by atoms with Gasteiger partial charge in [-0.1, -0.05) is 6.07 Å². The second kappa shape index (κ2) is 3.30. The number of anilines is 1. The maximum Gasteiger partial charge on any atom is 0.149 e. The smallest absolute Gasteiger partial charge is 0.149 e. The van der Waals surface area contributed by atoms with E-state index in [0.29, 0.717) is 5.82 Å². The number of hydrogen-bond acceptors (Lipinski definition) is 4. The van der Waals surface area contributed by atoms with Crippen molar-refractivity contribution in [2.24, 2.45) is 0 Å². The molecule has 0 saturated carbocycles. The number of H-pyrrole nitrogens is 1. The largest absolute Gasteiger partial charge is 0.382 e. The molecule has 78 valence electrons. The fraction of sp³-hybridized carbons (Fsp3) is 0. The Morgan fingerprint density at radius 2 is 2.12 bits per heavy atom. The van der Waals surface area contributed by atoms with Crippen LogP contribution in [0.2, 0.25) is 0 Å². The Hall–Kier alpha value is -2.43. The third-order valence-corrected chi connectivity index (χ3v) is 2.48. The summed E-state index contributed by atoms with van der Waals surface area (Å²) in [5.41, 5.74) is 8.46. The standard InChI is InChI=1S/C11H9N5/c12-11-10-8(2-1-3-13-10)9(6-14-11)7-4-15-16-5-7/h1-6H,(H2,12,14)(H,15,16).